The zero-order chi connectivity index (χ0) is 13.7. The Morgan fingerprint density at radius 3 is 2.95 bits per heavy atom. The normalized spacial score (nSPS) is 11.9. The summed E-state index contributed by atoms with van der Waals surface area (Å²) in [6.07, 6.45) is 8.56. The molecule has 0 bridgehead atoms. The summed E-state index contributed by atoms with van der Waals surface area (Å²) in [7, 11) is 1.77. The van der Waals surface area contributed by atoms with Gasteiger partial charge < -0.3 is 15.2 Å². The minimum absolute atomic E-state index is 0.0135. The highest BCUT2D eigenvalue weighted by molar-refractivity contribution is 5.99. The third-order valence-corrected chi connectivity index (χ3v) is 2.76. The first-order valence-electron chi connectivity index (χ1n) is 6.09. The van der Waals surface area contributed by atoms with Crippen molar-refractivity contribution in [1.82, 2.24) is 19.9 Å². The first kappa shape index (κ1) is 13.1. The zero-order valence-corrected chi connectivity index (χ0v) is 11.0. The minimum atomic E-state index is -0.112. The standard InChI is InChI=1S/C13H17N5O/c1-10(8-18-6-5-16-9-18)17-13(19)11-3-4-15-7-12(11)14-2/h3-7,9-10,14H,8H2,1-2H3,(H,17,19). The maximum Gasteiger partial charge on any atom is 0.253 e. The highest BCUT2D eigenvalue weighted by Crippen LogP contribution is 2.12. The van der Waals surface area contributed by atoms with Crippen LogP contribution in [0.5, 0.6) is 0 Å². The predicted molar refractivity (Wildman–Crippen MR) is 72.9 cm³/mol. The molecule has 1 amide bonds. The van der Waals surface area contributed by atoms with Crippen molar-refractivity contribution in [2.75, 3.05) is 12.4 Å². The zero-order valence-electron chi connectivity index (χ0n) is 11.0. The summed E-state index contributed by atoms with van der Waals surface area (Å²) < 4.78 is 1.93. The van der Waals surface area contributed by atoms with Crippen molar-refractivity contribution in [2.45, 2.75) is 19.5 Å². The summed E-state index contributed by atoms with van der Waals surface area (Å²) in [6, 6.07) is 1.71. The third kappa shape index (κ3) is 3.31. The van der Waals surface area contributed by atoms with Gasteiger partial charge in [0.05, 0.1) is 23.8 Å². The number of pyridine rings is 1. The Morgan fingerprint density at radius 2 is 2.26 bits per heavy atom. The predicted octanol–water partition coefficient (Wildman–Crippen LogP) is 1.14. The van der Waals surface area contributed by atoms with E-state index < -0.39 is 0 Å². The van der Waals surface area contributed by atoms with Gasteiger partial charge in [0.25, 0.3) is 5.91 Å². The summed E-state index contributed by atoms with van der Waals surface area (Å²) in [6.45, 7) is 2.64. The fraction of sp³-hybridized carbons (Fsp3) is 0.308. The van der Waals surface area contributed by atoms with Crippen LogP contribution in [0.15, 0.2) is 37.2 Å². The fourth-order valence-electron chi connectivity index (χ4n) is 1.85. The molecule has 2 aromatic heterocycles. The van der Waals surface area contributed by atoms with Crippen LogP contribution < -0.4 is 10.6 Å². The Morgan fingerprint density at radius 1 is 1.42 bits per heavy atom. The van der Waals surface area contributed by atoms with E-state index in [2.05, 4.69) is 20.6 Å². The molecule has 0 aliphatic heterocycles. The van der Waals surface area contributed by atoms with E-state index in [9.17, 15) is 4.79 Å². The number of nitrogens with zero attached hydrogens (tertiary/aromatic N) is 3. The molecule has 6 nitrogen and oxygen atoms in total. The van der Waals surface area contributed by atoms with Crippen LogP contribution in [0.2, 0.25) is 0 Å². The Kier molecular flexibility index (Phi) is 4.12. The Bertz CT molecular complexity index is 538. The number of hydrogen-bond acceptors (Lipinski definition) is 4. The lowest BCUT2D eigenvalue weighted by molar-refractivity contribution is 0.0937. The second-order valence-corrected chi connectivity index (χ2v) is 4.31. The fourth-order valence-corrected chi connectivity index (χ4v) is 1.85. The molecule has 0 aliphatic carbocycles. The largest absolute Gasteiger partial charge is 0.386 e. The summed E-state index contributed by atoms with van der Waals surface area (Å²) in [4.78, 5) is 20.1. The van der Waals surface area contributed by atoms with Gasteiger partial charge in [-0.25, -0.2) is 4.98 Å². The number of carbonyl (C=O) groups excluding carboxylic acids is 1. The molecule has 6 heteroatoms. The van der Waals surface area contributed by atoms with E-state index in [1.54, 1.807) is 38.0 Å². The van der Waals surface area contributed by atoms with Crippen LogP contribution in [0.25, 0.3) is 0 Å². The molecule has 19 heavy (non-hydrogen) atoms. The van der Waals surface area contributed by atoms with Gasteiger partial charge in [-0.1, -0.05) is 0 Å². The minimum Gasteiger partial charge on any atom is -0.386 e. The maximum absolute atomic E-state index is 12.2. The topological polar surface area (TPSA) is 71.8 Å². The molecule has 0 aliphatic rings. The van der Waals surface area contributed by atoms with Crippen molar-refractivity contribution in [2.24, 2.45) is 0 Å². The summed E-state index contributed by atoms with van der Waals surface area (Å²) >= 11 is 0. The summed E-state index contributed by atoms with van der Waals surface area (Å²) in [5.41, 5.74) is 1.31. The van der Waals surface area contributed by atoms with E-state index in [-0.39, 0.29) is 11.9 Å². The highest BCUT2D eigenvalue weighted by atomic mass is 16.1. The number of nitrogens with one attached hydrogen (secondary N) is 2. The molecular weight excluding hydrogens is 242 g/mol. The third-order valence-electron chi connectivity index (χ3n) is 2.76. The second kappa shape index (κ2) is 5.99. The highest BCUT2D eigenvalue weighted by Gasteiger charge is 2.13. The first-order valence-corrected chi connectivity index (χ1v) is 6.09. The Balaban J connectivity index is 2.00. The Labute approximate surface area is 111 Å². The average Bonchev–Trinajstić information content (AvgIpc) is 2.91. The van der Waals surface area contributed by atoms with Crippen LogP contribution >= 0.6 is 0 Å². The van der Waals surface area contributed by atoms with Crippen molar-refractivity contribution >= 4 is 11.6 Å². The molecule has 0 fully saturated rings. The molecule has 1 atom stereocenters. The molecule has 100 valence electrons. The van der Waals surface area contributed by atoms with Crippen LogP contribution in [0.4, 0.5) is 5.69 Å². The van der Waals surface area contributed by atoms with Crippen LogP contribution in [0.1, 0.15) is 17.3 Å². The lowest BCUT2D eigenvalue weighted by Crippen LogP contribution is -2.35. The number of anilines is 1. The number of rotatable bonds is 5. The SMILES string of the molecule is CNc1cnccc1C(=O)NC(C)Cn1ccnc1. The van der Waals surface area contributed by atoms with Crippen molar-refractivity contribution in [3.63, 3.8) is 0 Å². The molecule has 2 rings (SSSR count). The van der Waals surface area contributed by atoms with Crippen LogP contribution in [0, 0.1) is 0 Å². The van der Waals surface area contributed by atoms with E-state index in [1.165, 1.54) is 0 Å². The van der Waals surface area contributed by atoms with Gasteiger partial charge in [-0.05, 0) is 13.0 Å². The molecule has 0 saturated heterocycles. The Hall–Kier alpha value is -2.37. The van der Waals surface area contributed by atoms with Gasteiger partial charge in [-0.3, -0.25) is 9.78 Å². The van der Waals surface area contributed by atoms with E-state index in [0.29, 0.717) is 12.1 Å². The quantitative estimate of drug-likeness (QED) is 0.844. The number of amides is 1. The van der Waals surface area contributed by atoms with Gasteiger partial charge >= 0.3 is 0 Å². The average molecular weight is 259 g/mol. The first-order chi connectivity index (χ1) is 9.20. The van der Waals surface area contributed by atoms with E-state index >= 15 is 0 Å². The molecule has 1 unspecified atom stereocenters. The smallest absolute Gasteiger partial charge is 0.253 e. The maximum atomic E-state index is 12.2. The van der Waals surface area contributed by atoms with Crippen LogP contribution in [0.3, 0.4) is 0 Å². The van der Waals surface area contributed by atoms with Crippen molar-refractivity contribution < 1.29 is 4.79 Å². The van der Waals surface area contributed by atoms with E-state index in [1.807, 2.05) is 17.7 Å². The lowest BCUT2D eigenvalue weighted by Gasteiger charge is -2.15. The van der Waals surface area contributed by atoms with E-state index in [0.717, 1.165) is 5.69 Å². The second-order valence-electron chi connectivity index (χ2n) is 4.31. The number of imidazole rings is 1. The van der Waals surface area contributed by atoms with Gasteiger partial charge in [-0.15, -0.1) is 0 Å². The molecule has 0 aromatic carbocycles. The van der Waals surface area contributed by atoms with Crippen LogP contribution in [-0.2, 0) is 6.54 Å². The monoisotopic (exact) mass is 259 g/mol. The van der Waals surface area contributed by atoms with Gasteiger partial charge in [0.15, 0.2) is 0 Å². The molecule has 2 aromatic rings. The molecule has 2 heterocycles. The van der Waals surface area contributed by atoms with Crippen molar-refractivity contribution in [1.29, 1.82) is 0 Å². The van der Waals surface area contributed by atoms with Gasteiger partial charge in [0, 0.05) is 38.2 Å². The molecule has 2 N–H and O–H groups in total. The molecule has 0 saturated carbocycles. The lowest BCUT2D eigenvalue weighted by atomic mass is 10.2. The number of carbonyl (C=O) groups is 1. The summed E-state index contributed by atoms with van der Waals surface area (Å²) in [5, 5.41) is 5.91. The van der Waals surface area contributed by atoms with Crippen molar-refractivity contribution in [3.05, 3.63) is 42.7 Å². The van der Waals surface area contributed by atoms with Gasteiger partial charge in [0.2, 0.25) is 0 Å². The van der Waals surface area contributed by atoms with E-state index in [4.69, 9.17) is 0 Å². The number of hydrogen-bond donors (Lipinski definition) is 2. The molecule has 0 spiro atoms. The molecular formula is C13H17N5O. The molecule has 0 radical (unpaired) electrons. The van der Waals surface area contributed by atoms with Gasteiger partial charge in [-0.2, -0.15) is 0 Å². The van der Waals surface area contributed by atoms with Crippen LogP contribution in [-0.4, -0.2) is 33.5 Å². The van der Waals surface area contributed by atoms with Crippen molar-refractivity contribution in [3.8, 4) is 0 Å². The van der Waals surface area contributed by atoms with Gasteiger partial charge in [0.1, 0.15) is 0 Å². The number of aromatic nitrogens is 3. The summed E-state index contributed by atoms with van der Waals surface area (Å²) in [5.74, 6) is -0.112.